The number of benzene rings is 4. The average Bonchev–Trinajstić information content (AvgIpc) is 3.25. The third-order valence-electron chi connectivity index (χ3n) is 6.74. The van der Waals surface area contributed by atoms with Crippen molar-refractivity contribution in [1.29, 1.82) is 0 Å². The van der Waals surface area contributed by atoms with E-state index in [-0.39, 0.29) is 0 Å². The Balaban J connectivity index is 1.56. The van der Waals surface area contributed by atoms with E-state index in [1.165, 1.54) is 22.3 Å². The van der Waals surface area contributed by atoms with Gasteiger partial charge in [0.2, 0.25) is 5.69 Å². The van der Waals surface area contributed by atoms with Gasteiger partial charge in [-0.25, -0.2) is 4.57 Å². The first-order chi connectivity index (χ1) is 16.6. The van der Waals surface area contributed by atoms with Crippen LogP contribution in [-0.2, 0) is 7.05 Å². The van der Waals surface area contributed by atoms with Crippen molar-refractivity contribution < 1.29 is 8.98 Å². The number of aromatic nitrogens is 1. The Kier molecular flexibility index (Phi) is 4.81. The van der Waals surface area contributed by atoms with E-state index in [1.54, 1.807) is 0 Å². The normalized spacial score (nSPS) is 11.4. The first-order valence-corrected chi connectivity index (χ1v) is 11.7. The maximum absolute atomic E-state index is 6.70. The highest BCUT2D eigenvalue weighted by molar-refractivity contribution is 6.13. The number of aryl methyl sites for hydroxylation is 3. The lowest BCUT2D eigenvalue weighted by molar-refractivity contribution is -0.660. The maximum Gasteiger partial charge on any atom is 0.216 e. The van der Waals surface area contributed by atoms with Crippen LogP contribution >= 0.6 is 0 Å². The minimum absolute atomic E-state index is 0.937. The number of rotatable bonds is 3. The Morgan fingerprint density at radius 2 is 1.32 bits per heavy atom. The van der Waals surface area contributed by atoms with E-state index in [9.17, 15) is 0 Å². The van der Waals surface area contributed by atoms with Crippen molar-refractivity contribution >= 4 is 21.9 Å². The summed E-state index contributed by atoms with van der Waals surface area (Å²) < 4.78 is 8.87. The van der Waals surface area contributed by atoms with Gasteiger partial charge in [0, 0.05) is 28.5 Å². The van der Waals surface area contributed by atoms with E-state index in [2.05, 4.69) is 123 Å². The lowest BCUT2D eigenvalue weighted by Gasteiger charge is -2.06. The zero-order chi connectivity index (χ0) is 23.2. The van der Waals surface area contributed by atoms with Gasteiger partial charge in [-0.1, -0.05) is 84.9 Å². The van der Waals surface area contributed by atoms with Gasteiger partial charge in [-0.05, 0) is 41.7 Å². The van der Waals surface area contributed by atoms with E-state index < -0.39 is 0 Å². The molecule has 4 aromatic carbocycles. The number of furan rings is 1. The molecule has 0 fully saturated rings. The fraction of sp³-hybridized carbons (Fsp3) is 0.0938. The highest BCUT2D eigenvalue weighted by Gasteiger charge is 2.21. The molecule has 2 nitrogen and oxygen atoms in total. The third-order valence-corrected chi connectivity index (χ3v) is 6.74. The van der Waals surface area contributed by atoms with E-state index in [0.717, 1.165) is 44.3 Å². The monoisotopic (exact) mass is 440 g/mol. The molecule has 2 heteroatoms. The minimum atomic E-state index is 0.937. The van der Waals surface area contributed by atoms with Crippen molar-refractivity contribution in [3.63, 3.8) is 0 Å². The molecule has 0 radical (unpaired) electrons. The second-order valence-corrected chi connectivity index (χ2v) is 9.06. The van der Waals surface area contributed by atoms with E-state index >= 15 is 0 Å². The fourth-order valence-corrected chi connectivity index (χ4v) is 4.90. The van der Waals surface area contributed by atoms with Crippen LogP contribution in [0.3, 0.4) is 0 Å². The lowest BCUT2D eigenvalue weighted by atomic mass is 9.97. The molecule has 0 amide bonds. The molecular formula is C32H26NO+. The predicted octanol–water partition coefficient (Wildman–Crippen LogP) is 8.03. The molecule has 0 spiro atoms. The van der Waals surface area contributed by atoms with Gasteiger partial charge in [0.05, 0.1) is 5.56 Å². The van der Waals surface area contributed by atoms with Crippen molar-refractivity contribution in [3.8, 4) is 33.5 Å². The molecule has 0 aliphatic heterocycles. The Bertz CT molecular complexity index is 1660. The van der Waals surface area contributed by atoms with Gasteiger partial charge >= 0.3 is 0 Å². The topological polar surface area (TPSA) is 17.0 Å². The summed E-state index contributed by atoms with van der Waals surface area (Å²) in [5, 5.41) is 2.30. The summed E-state index contributed by atoms with van der Waals surface area (Å²) in [7, 11) is 2.09. The van der Waals surface area contributed by atoms with E-state index in [1.807, 2.05) is 6.07 Å². The SMILES string of the molecule is Cc1cc[n+](C)c(-c2c(C)ccc3c2oc2c(-c4ccc(-c5ccccc5)cc4)cccc23)c1. The van der Waals surface area contributed by atoms with Crippen LogP contribution in [0.4, 0.5) is 0 Å². The molecule has 2 aromatic heterocycles. The van der Waals surface area contributed by atoms with Crippen LogP contribution in [0.1, 0.15) is 11.1 Å². The first kappa shape index (κ1) is 20.4. The minimum Gasteiger partial charge on any atom is -0.454 e. The number of hydrogen-bond donors (Lipinski definition) is 0. The average molecular weight is 441 g/mol. The summed E-state index contributed by atoms with van der Waals surface area (Å²) in [4.78, 5) is 0. The first-order valence-electron chi connectivity index (χ1n) is 11.7. The van der Waals surface area contributed by atoms with Crippen molar-refractivity contribution in [1.82, 2.24) is 0 Å². The molecule has 6 rings (SSSR count). The molecule has 0 unspecified atom stereocenters. The number of fused-ring (bicyclic) bond motifs is 3. The molecule has 0 atom stereocenters. The van der Waals surface area contributed by atoms with Gasteiger partial charge in [-0.3, -0.25) is 0 Å². The molecule has 2 heterocycles. The highest BCUT2D eigenvalue weighted by Crippen LogP contribution is 2.40. The summed E-state index contributed by atoms with van der Waals surface area (Å²) in [6.45, 7) is 4.29. The van der Waals surface area contributed by atoms with Gasteiger partial charge < -0.3 is 4.42 Å². The van der Waals surface area contributed by atoms with Crippen molar-refractivity contribution in [2.24, 2.45) is 7.05 Å². The van der Waals surface area contributed by atoms with Crippen LogP contribution in [0.25, 0.3) is 55.4 Å². The Morgan fingerprint density at radius 3 is 2.12 bits per heavy atom. The van der Waals surface area contributed by atoms with Crippen molar-refractivity contribution in [3.05, 3.63) is 114 Å². The summed E-state index contributed by atoms with van der Waals surface area (Å²) in [5.41, 5.74) is 11.4. The van der Waals surface area contributed by atoms with Crippen LogP contribution in [0.2, 0.25) is 0 Å². The smallest absolute Gasteiger partial charge is 0.216 e. The van der Waals surface area contributed by atoms with E-state index in [0.29, 0.717) is 0 Å². The molecule has 0 saturated carbocycles. The summed E-state index contributed by atoms with van der Waals surface area (Å²) in [6.07, 6.45) is 2.12. The van der Waals surface area contributed by atoms with Crippen LogP contribution < -0.4 is 4.57 Å². The summed E-state index contributed by atoms with van der Waals surface area (Å²) in [6, 6.07) is 34.5. The second kappa shape index (κ2) is 8.00. The number of hydrogen-bond acceptors (Lipinski definition) is 1. The lowest BCUT2D eigenvalue weighted by Crippen LogP contribution is -2.30. The second-order valence-electron chi connectivity index (χ2n) is 9.06. The molecule has 34 heavy (non-hydrogen) atoms. The molecule has 0 bridgehead atoms. The molecule has 164 valence electrons. The maximum atomic E-state index is 6.70. The highest BCUT2D eigenvalue weighted by atomic mass is 16.3. The van der Waals surface area contributed by atoms with Crippen LogP contribution in [0, 0.1) is 13.8 Å². The van der Waals surface area contributed by atoms with E-state index in [4.69, 9.17) is 4.42 Å². The Hall–Kier alpha value is -4.17. The number of para-hydroxylation sites is 1. The van der Waals surface area contributed by atoms with Crippen molar-refractivity contribution in [2.45, 2.75) is 13.8 Å². The molecular weight excluding hydrogens is 414 g/mol. The number of pyridine rings is 1. The van der Waals surface area contributed by atoms with Gasteiger partial charge in [0.25, 0.3) is 0 Å². The largest absolute Gasteiger partial charge is 0.454 e. The number of nitrogens with zero attached hydrogens (tertiary/aromatic N) is 1. The van der Waals surface area contributed by atoms with Gasteiger partial charge in [-0.2, -0.15) is 0 Å². The zero-order valence-electron chi connectivity index (χ0n) is 19.7. The third kappa shape index (κ3) is 3.31. The predicted molar refractivity (Wildman–Crippen MR) is 141 cm³/mol. The van der Waals surface area contributed by atoms with Crippen LogP contribution in [0.15, 0.2) is 108 Å². The van der Waals surface area contributed by atoms with Crippen LogP contribution in [0.5, 0.6) is 0 Å². The standard InChI is InChI=1S/C32H26NO/c1-21-18-19-33(3)29(20-21)30-22(2)12-17-28-27-11-7-10-26(31(27)34-32(28)30)25-15-13-24(14-16-25)23-8-5-4-6-9-23/h4-20H,1-3H3/q+1. The molecule has 0 aliphatic rings. The van der Waals surface area contributed by atoms with Crippen LogP contribution in [-0.4, -0.2) is 0 Å². The fourth-order valence-electron chi connectivity index (χ4n) is 4.90. The molecule has 0 N–H and O–H groups in total. The Labute approximate surface area is 199 Å². The quantitative estimate of drug-likeness (QED) is 0.255. The Morgan fingerprint density at radius 1 is 0.618 bits per heavy atom. The van der Waals surface area contributed by atoms with Crippen molar-refractivity contribution in [2.75, 3.05) is 0 Å². The van der Waals surface area contributed by atoms with Gasteiger partial charge in [0.1, 0.15) is 18.2 Å². The zero-order valence-corrected chi connectivity index (χ0v) is 19.7. The molecule has 6 aromatic rings. The molecule has 0 aliphatic carbocycles. The van der Waals surface area contributed by atoms with Gasteiger partial charge in [0.15, 0.2) is 6.20 Å². The summed E-state index contributed by atoms with van der Waals surface area (Å²) in [5.74, 6) is 0. The summed E-state index contributed by atoms with van der Waals surface area (Å²) >= 11 is 0. The molecule has 0 saturated heterocycles. The van der Waals surface area contributed by atoms with Gasteiger partial charge in [-0.15, -0.1) is 0 Å².